The van der Waals surface area contributed by atoms with E-state index >= 15 is 0 Å². The summed E-state index contributed by atoms with van der Waals surface area (Å²) in [5.41, 5.74) is 0. The average molecular weight is 189 g/mol. The highest BCUT2D eigenvalue weighted by Crippen LogP contribution is 2.15. The zero-order valence-electron chi connectivity index (χ0n) is 8.28. The molecule has 0 fully saturated rings. The Morgan fingerprint density at radius 3 is 2.27 bits per heavy atom. The molecule has 1 nitrogen and oxygen atoms in total. The summed E-state index contributed by atoms with van der Waals surface area (Å²) in [5, 5.41) is 0. The Kier molecular flexibility index (Phi) is 5.30. The van der Waals surface area contributed by atoms with E-state index in [4.69, 9.17) is 0 Å². The van der Waals surface area contributed by atoms with Gasteiger partial charge in [0.15, 0.2) is 8.32 Å². The van der Waals surface area contributed by atoms with Crippen LogP contribution < -0.4 is 0 Å². The molecular formula is C8H21OSi2. The molecule has 0 aliphatic heterocycles. The standard InChI is InChI=1S/C8H21OSi2/c1-5-11(4,9)8-6-7-10(2)3/h9H,5-8H2,1-4H3. The lowest BCUT2D eigenvalue weighted by atomic mass is 10.6. The lowest BCUT2D eigenvalue weighted by Gasteiger charge is -2.17. The minimum Gasteiger partial charge on any atom is -0.432 e. The van der Waals surface area contributed by atoms with E-state index in [0.29, 0.717) is 0 Å². The predicted molar refractivity (Wildman–Crippen MR) is 56.0 cm³/mol. The van der Waals surface area contributed by atoms with Crippen LogP contribution in [0, 0.1) is 0 Å². The Morgan fingerprint density at radius 2 is 1.91 bits per heavy atom. The smallest absolute Gasteiger partial charge is 0.185 e. The van der Waals surface area contributed by atoms with Crippen LogP contribution >= 0.6 is 0 Å². The quantitative estimate of drug-likeness (QED) is 0.659. The molecule has 67 valence electrons. The van der Waals surface area contributed by atoms with Crippen LogP contribution in [0.1, 0.15) is 13.3 Å². The van der Waals surface area contributed by atoms with Gasteiger partial charge in [-0.2, -0.15) is 0 Å². The molecule has 1 unspecified atom stereocenters. The second-order valence-electron chi connectivity index (χ2n) is 3.91. The Balaban J connectivity index is 3.38. The lowest BCUT2D eigenvalue weighted by molar-refractivity contribution is 0.536. The zero-order chi connectivity index (χ0) is 8.91. The fourth-order valence-electron chi connectivity index (χ4n) is 1.000. The van der Waals surface area contributed by atoms with Gasteiger partial charge in [-0.3, -0.25) is 0 Å². The van der Waals surface area contributed by atoms with Crippen LogP contribution in [0.5, 0.6) is 0 Å². The molecule has 1 radical (unpaired) electrons. The van der Waals surface area contributed by atoms with Gasteiger partial charge in [0.1, 0.15) is 0 Å². The fourth-order valence-corrected chi connectivity index (χ4v) is 3.53. The minimum atomic E-state index is -1.73. The molecule has 0 bridgehead atoms. The normalized spacial score (nSPS) is 16.9. The van der Waals surface area contributed by atoms with Crippen LogP contribution in [0.25, 0.3) is 0 Å². The first-order valence-corrected chi connectivity index (χ1v) is 10.1. The van der Waals surface area contributed by atoms with Crippen molar-refractivity contribution in [3.05, 3.63) is 0 Å². The minimum absolute atomic E-state index is 0.0537. The van der Waals surface area contributed by atoms with Crippen molar-refractivity contribution in [3.63, 3.8) is 0 Å². The lowest BCUT2D eigenvalue weighted by Crippen LogP contribution is -2.28. The largest absolute Gasteiger partial charge is 0.432 e. The molecule has 1 atom stereocenters. The van der Waals surface area contributed by atoms with Gasteiger partial charge in [0.05, 0.1) is 0 Å². The van der Waals surface area contributed by atoms with Gasteiger partial charge < -0.3 is 4.80 Å². The Hall–Kier alpha value is 0.394. The Labute approximate surface area is 73.6 Å². The van der Waals surface area contributed by atoms with Gasteiger partial charge in [-0.25, -0.2) is 0 Å². The van der Waals surface area contributed by atoms with E-state index in [1.54, 1.807) is 0 Å². The fraction of sp³-hybridized carbons (Fsp3) is 1.00. The Bertz CT molecular complexity index is 102. The average Bonchev–Trinajstić information content (AvgIpc) is 1.87. The molecule has 0 aromatic rings. The van der Waals surface area contributed by atoms with Crippen LogP contribution in [0.2, 0.25) is 37.8 Å². The van der Waals surface area contributed by atoms with E-state index in [1.165, 1.54) is 12.5 Å². The molecule has 0 aromatic carbocycles. The maximum atomic E-state index is 9.79. The summed E-state index contributed by atoms with van der Waals surface area (Å²) in [6.45, 7) is 8.86. The zero-order valence-corrected chi connectivity index (χ0v) is 10.3. The van der Waals surface area contributed by atoms with Gasteiger partial charge in [0.25, 0.3) is 0 Å². The summed E-state index contributed by atoms with van der Waals surface area (Å²) in [5.74, 6) is 0. The van der Waals surface area contributed by atoms with Crippen molar-refractivity contribution < 1.29 is 4.80 Å². The van der Waals surface area contributed by atoms with Crippen molar-refractivity contribution in [3.8, 4) is 0 Å². The van der Waals surface area contributed by atoms with Crippen LogP contribution in [0.4, 0.5) is 0 Å². The molecule has 0 spiro atoms. The number of rotatable bonds is 5. The third-order valence-corrected chi connectivity index (χ3v) is 6.46. The van der Waals surface area contributed by atoms with Crippen LogP contribution in [0.3, 0.4) is 0 Å². The first-order valence-electron chi connectivity index (χ1n) is 4.49. The van der Waals surface area contributed by atoms with Crippen LogP contribution in [-0.2, 0) is 0 Å². The second-order valence-corrected chi connectivity index (χ2v) is 11.0. The Morgan fingerprint density at radius 1 is 1.36 bits per heavy atom. The SMILES string of the molecule is CC[Si](C)(O)CCC[Si](C)C. The highest BCUT2D eigenvalue weighted by molar-refractivity contribution is 6.71. The maximum absolute atomic E-state index is 9.79. The first kappa shape index (κ1) is 11.4. The summed E-state index contributed by atoms with van der Waals surface area (Å²) >= 11 is 0. The maximum Gasteiger partial charge on any atom is 0.185 e. The van der Waals surface area contributed by atoms with Crippen molar-refractivity contribution in [1.82, 2.24) is 0 Å². The van der Waals surface area contributed by atoms with Crippen molar-refractivity contribution in [2.75, 3.05) is 0 Å². The number of hydrogen-bond acceptors (Lipinski definition) is 1. The summed E-state index contributed by atoms with van der Waals surface area (Å²) < 4.78 is 0. The highest BCUT2D eigenvalue weighted by atomic mass is 28.4. The molecule has 0 rings (SSSR count). The van der Waals surface area contributed by atoms with Crippen molar-refractivity contribution in [2.45, 2.75) is 51.1 Å². The molecule has 0 saturated carbocycles. The van der Waals surface area contributed by atoms with E-state index in [9.17, 15) is 4.80 Å². The monoisotopic (exact) mass is 189 g/mol. The van der Waals surface area contributed by atoms with Gasteiger partial charge in [0, 0.05) is 8.80 Å². The third kappa shape index (κ3) is 6.78. The molecule has 0 aromatic heterocycles. The van der Waals surface area contributed by atoms with Gasteiger partial charge in [-0.05, 0) is 18.6 Å². The number of hydrogen-bond donors (Lipinski definition) is 1. The van der Waals surface area contributed by atoms with E-state index in [-0.39, 0.29) is 8.80 Å². The van der Waals surface area contributed by atoms with Gasteiger partial charge in [-0.1, -0.05) is 32.5 Å². The molecule has 0 aliphatic carbocycles. The molecule has 0 saturated heterocycles. The molecule has 3 heteroatoms. The molecule has 0 amide bonds. The second kappa shape index (κ2) is 5.11. The van der Waals surface area contributed by atoms with Crippen molar-refractivity contribution in [2.24, 2.45) is 0 Å². The van der Waals surface area contributed by atoms with E-state index in [0.717, 1.165) is 12.1 Å². The van der Waals surface area contributed by atoms with E-state index in [2.05, 4.69) is 26.6 Å². The topological polar surface area (TPSA) is 20.2 Å². The summed E-state index contributed by atoms with van der Waals surface area (Å²) in [7, 11) is -1.78. The molecule has 1 N–H and O–H groups in total. The van der Waals surface area contributed by atoms with Gasteiger partial charge >= 0.3 is 0 Å². The predicted octanol–water partition coefficient (Wildman–Crippen LogP) is 2.72. The van der Waals surface area contributed by atoms with Crippen LogP contribution in [-0.4, -0.2) is 21.9 Å². The molecule has 0 heterocycles. The molecule has 0 aliphatic rings. The van der Waals surface area contributed by atoms with Gasteiger partial charge in [0.2, 0.25) is 0 Å². The summed E-state index contributed by atoms with van der Waals surface area (Å²) in [6.07, 6.45) is 1.26. The van der Waals surface area contributed by atoms with Gasteiger partial charge in [-0.15, -0.1) is 0 Å². The molecular weight excluding hydrogens is 168 g/mol. The van der Waals surface area contributed by atoms with E-state index in [1.807, 2.05) is 0 Å². The first-order chi connectivity index (χ1) is 4.98. The van der Waals surface area contributed by atoms with E-state index < -0.39 is 8.32 Å². The molecule has 11 heavy (non-hydrogen) atoms. The van der Waals surface area contributed by atoms with Crippen molar-refractivity contribution >= 4 is 17.1 Å². The third-order valence-electron chi connectivity index (χ3n) is 2.15. The summed E-state index contributed by atoms with van der Waals surface area (Å²) in [6, 6.07) is 3.50. The highest BCUT2D eigenvalue weighted by Gasteiger charge is 2.20. The van der Waals surface area contributed by atoms with Crippen LogP contribution in [0.15, 0.2) is 0 Å². The summed E-state index contributed by atoms with van der Waals surface area (Å²) in [4.78, 5) is 9.79. The van der Waals surface area contributed by atoms with Crippen molar-refractivity contribution in [1.29, 1.82) is 0 Å².